The van der Waals surface area contributed by atoms with E-state index in [0.717, 1.165) is 19.6 Å². The molecule has 0 aromatic heterocycles. The Balaban J connectivity index is 1.65. The summed E-state index contributed by atoms with van der Waals surface area (Å²) in [5.41, 5.74) is 1.26. The Kier molecular flexibility index (Phi) is 4.40. The third kappa shape index (κ3) is 3.72. The second-order valence-electron chi connectivity index (χ2n) is 4.30. The summed E-state index contributed by atoms with van der Waals surface area (Å²) in [7, 11) is 0. The largest absolute Gasteiger partial charge is 0.340 e. The molecule has 1 unspecified atom stereocenters. The van der Waals surface area contributed by atoms with Crippen molar-refractivity contribution in [1.82, 2.24) is 10.2 Å². The maximum atomic E-state index is 11.5. The van der Waals surface area contributed by atoms with Gasteiger partial charge in [-0.1, -0.05) is 30.3 Å². The van der Waals surface area contributed by atoms with Gasteiger partial charge in [0.2, 0.25) is 5.91 Å². The number of hydrogen-bond donors (Lipinski definition) is 1. The highest BCUT2D eigenvalue weighted by Crippen LogP contribution is 2.15. The van der Waals surface area contributed by atoms with Crippen LogP contribution in [0.1, 0.15) is 12.0 Å². The van der Waals surface area contributed by atoms with E-state index in [1.165, 1.54) is 5.56 Å². The molecule has 1 atom stereocenters. The molecule has 3 nitrogen and oxygen atoms in total. The van der Waals surface area contributed by atoms with Crippen LogP contribution in [0.15, 0.2) is 30.3 Å². The summed E-state index contributed by atoms with van der Waals surface area (Å²) in [5.74, 6) is 0.173. The molecule has 0 aliphatic carbocycles. The lowest BCUT2D eigenvalue weighted by Gasteiger charge is -2.15. The lowest BCUT2D eigenvalue weighted by atomic mass is 10.2. The molecular formula is C13H17ClN2O. The average molecular weight is 253 g/mol. The number of nitrogens with zero attached hydrogens (tertiary/aromatic N) is 1. The summed E-state index contributed by atoms with van der Waals surface area (Å²) in [6, 6.07) is 10.2. The van der Waals surface area contributed by atoms with E-state index in [1.807, 2.05) is 23.1 Å². The van der Waals surface area contributed by atoms with Gasteiger partial charge in [-0.3, -0.25) is 4.79 Å². The first-order chi connectivity index (χ1) is 8.25. The fourth-order valence-corrected chi connectivity index (χ4v) is 2.28. The summed E-state index contributed by atoms with van der Waals surface area (Å²) in [5, 5.41) is 3.32. The number of benzene rings is 1. The zero-order chi connectivity index (χ0) is 12.1. The summed E-state index contributed by atoms with van der Waals surface area (Å²) < 4.78 is 0. The molecule has 1 N–H and O–H groups in total. The van der Waals surface area contributed by atoms with Crippen molar-refractivity contribution in [3.63, 3.8) is 0 Å². The van der Waals surface area contributed by atoms with Gasteiger partial charge in [-0.15, -0.1) is 11.6 Å². The van der Waals surface area contributed by atoms with Crippen molar-refractivity contribution in [1.29, 1.82) is 0 Å². The van der Waals surface area contributed by atoms with E-state index in [0.29, 0.717) is 13.0 Å². The first-order valence-electron chi connectivity index (χ1n) is 5.92. The highest BCUT2D eigenvalue weighted by Gasteiger charge is 2.27. The van der Waals surface area contributed by atoms with Gasteiger partial charge in [-0.2, -0.15) is 0 Å². The highest BCUT2D eigenvalue weighted by molar-refractivity contribution is 6.22. The van der Waals surface area contributed by atoms with Gasteiger partial charge in [0.25, 0.3) is 0 Å². The molecule has 1 aromatic rings. The molecule has 0 radical (unpaired) electrons. The van der Waals surface area contributed by atoms with E-state index >= 15 is 0 Å². The van der Waals surface area contributed by atoms with Crippen molar-refractivity contribution >= 4 is 17.5 Å². The molecule has 1 saturated heterocycles. The van der Waals surface area contributed by atoms with Gasteiger partial charge in [0.15, 0.2) is 0 Å². The highest BCUT2D eigenvalue weighted by atomic mass is 35.5. The molecule has 1 heterocycles. The normalized spacial score (nSPS) is 19.9. The SMILES string of the molecule is O=C1CC(Cl)CN1CCNCc1ccccc1. The maximum Gasteiger partial charge on any atom is 0.224 e. The Hall–Kier alpha value is -1.06. The molecule has 1 aromatic carbocycles. The molecule has 0 bridgehead atoms. The van der Waals surface area contributed by atoms with Gasteiger partial charge in [0.05, 0.1) is 5.38 Å². The minimum Gasteiger partial charge on any atom is -0.340 e. The lowest BCUT2D eigenvalue weighted by molar-refractivity contribution is -0.127. The summed E-state index contributed by atoms with van der Waals surface area (Å²) in [6.07, 6.45) is 0.486. The number of hydrogen-bond acceptors (Lipinski definition) is 2. The summed E-state index contributed by atoms with van der Waals surface area (Å²) in [6.45, 7) is 3.08. The Morgan fingerprint density at radius 3 is 2.76 bits per heavy atom. The first-order valence-corrected chi connectivity index (χ1v) is 6.36. The molecule has 92 valence electrons. The third-order valence-electron chi connectivity index (χ3n) is 2.90. The van der Waals surface area contributed by atoms with Crippen molar-refractivity contribution in [3.8, 4) is 0 Å². The van der Waals surface area contributed by atoms with Crippen LogP contribution in [0, 0.1) is 0 Å². The number of carbonyl (C=O) groups excluding carboxylic acids is 1. The van der Waals surface area contributed by atoms with Crippen LogP contribution >= 0.6 is 11.6 Å². The summed E-state index contributed by atoms with van der Waals surface area (Å²) >= 11 is 5.93. The minimum absolute atomic E-state index is 0.00313. The van der Waals surface area contributed by atoms with Crippen molar-refractivity contribution < 1.29 is 4.79 Å². The van der Waals surface area contributed by atoms with Gasteiger partial charge in [0, 0.05) is 32.6 Å². The van der Waals surface area contributed by atoms with E-state index in [-0.39, 0.29) is 11.3 Å². The number of nitrogens with one attached hydrogen (secondary N) is 1. The van der Waals surface area contributed by atoms with Crippen LogP contribution in [0.4, 0.5) is 0 Å². The first kappa shape index (κ1) is 12.4. The molecular weight excluding hydrogens is 236 g/mol. The number of halogens is 1. The molecule has 2 rings (SSSR count). The van der Waals surface area contributed by atoms with Crippen LogP contribution in [0.3, 0.4) is 0 Å². The van der Waals surface area contributed by atoms with Crippen LogP contribution in [0.25, 0.3) is 0 Å². The number of rotatable bonds is 5. The van der Waals surface area contributed by atoms with E-state index < -0.39 is 0 Å². The summed E-state index contributed by atoms with van der Waals surface area (Å²) in [4.78, 5) is 13.3. The minimum atomic E-state index is -0.00313. The van der Waals surface area contributed by atoms with Crippen LogP contribution < -0.4 is 5.32 Å². The van der Waals surface area contributed by atoms with Crippen LogP contribution in [-0.4, -0.2) is 35.8 Å². The number of alkyl halides is 1. The standard InChI is InChI=1S/C13H17ClN2O/c14-12-8-13(17)16(10-12)7-6-15-9-11-4-2-1-3-5-11/h1-5,12,15H,6-10H2. The van der Waals surface area contributed by atoms with E-state index in [9.17, 15) is 4.79 Å². The van der Waals surface area contributed by atoms with Gasteiger partial charge < -0.3 is 10.2 Å². The molecule has 1 fully saturated rings. The van der Waals surface area contributed by atoms with Gasteiger partial charge in [-0.05, 0) is 5.56 Å². The lowest BCUT2D eigenvalue weighted by Crippen LogP contribution is -2.33. The van der Waals surface area contributed by atoms with E-state index in [4.69, 9.17) is 11.6 Å². The zero-order valence-electron chi connectivity index (χ0n) is 9.73. The Bertz CT molecular complexity index is 369. The number of amides is 1. The van der Waals surface area contributed by atoms with E-state index in [2.05, 4.69) is 17.4 Å². The molecule has 0 saturated carbocycles. The van der Waals surface area contributed by atoms with Crippen molar-refractivity contribution in [2.75, 3.05) is 19.6 Å². The second-order valence-corrected chi connectivity index (χ2v) is 4.92. The fourth-order valence-electron chi connectivity index (χ4n) is 1.98. The Labute approximate surface area is 107 Å². The molecule has 1 aliphatic heterocycles. The maximum absolute atomic E-state index is 11.5. The molecule has 0 spiro atoms. The van der Waals surface area contributed by atoms with Crippen LogP contribution in [0.5, 0.6) is 0 Å². The quantitative estimate of drug-likeness (QED) is 0.638. The van der Waals surface area contributed by atoms with E-state index in [1.54, 1.807) is 0 Å². The zero-order valence-corrected chi connectivity index (χ0v) is 10.5. The molecule has 1 amide bonds. The Morgan fingerprint density at radius 1 is 1.35 bits per heavy atom. The van der Waals surface area contributed by atoms with Gasteiger partial charge >= 0.3 is 0 Å². The predicted octanol–water partition coefficient (Wildman–Crippen LogP) is 1.62. The third-order valence-corrected chi connectivity index (χ3v) is 3.19. The van der Waals surface area contributed by atoms with Crippen molar-refractivity contribution in [2.24, 2.45) is 0 Å². The van der Waals surface area contributed by atoms with Crippen molar-refractivity contribution in [3.05, 3.63) is 35.9 Å². The second kappa shape index (κ2) is 6.03. The topological polar surface area (TPSA) is 32.3 Å². The number of likely N-dealkylation sites (tertiary alicyclic amines) is 1. The van der Waals surface area contributed by atoms with Gasteiger partial charge in [-0.25, -0.2) is 0 Å². The van der Waals surface area contributed by atoms with Gasteiger partial charge in [0.1, 0.15) is 0 Å². The molecule has 1 aliphatic rings. The average Bonchev–Trinajstić information content (AvgIpc) is 2.65. The molecule has 4 heteroatoms. The number of carbonyl (C=O) groups is 1. The smallest absolute Gasteiger partial charge is 0.224 e. The molecule has 17 heavy (non-hydrogen) atoms. The fraction of sp³-hybridized carbons (Fsp3) is 0.462. The predicted molar refractivity (Wildman–Crippen MR) is 69.0 cm³/mol. The van der Waals surface area contributed by atoms with Crippen LogP contribution in [0.2, 0.25) is 0 Å². The Morgan fingerprint density at radius 2 is 2.12 bits per heavy atom. The van der Waals surface area contributed by atoms with Crippen molar-refractivity contribution in [2.45, 2.75) is 18.3 Å². The van der Waals surface area contributed by atoms with Crippen LogP contribution in [-0.2, 0) is 11.3 Å². The monoisotopic (exact) mass is 252 g/mol.